The summed E-state index contributed by atoms with van der Waals surface area (Å²) in [5.41, 5.74) is 1.17. The van der Waals surface area contributed by atoms with E-state index < -0.39 is 19.4 Å². The normalized spacial score (nSPS) is 11.7. The van der Waals surface area contributed by atoms with Crippen LogP contribution in [0.4, 0.5) is 0 Å². The highest BCUT2D eigenvalue weighted by Gasteiger charge is 2.14. The van der Waals surface area contributed by atoms with Crippen molar-refractivity contribution in [1.29, 1.82) is 0 Å². The van der Waals surface area contributed by atoms with Gasteiger partial charge in [0.1, 0.15) is 6.29 Å². The van der Waals surface area contributed by atoms with Crippen molar-refractivity contribution in [2.45, 2.75) is 6.29 Å². The van der Waals surface area contributed by atoms with Crippen LogP contribution < -0.4 is 5.56 Å². The van der Waals surface area contributed by atoms with Gasteiger partial charge in [0.25, 0.3) is 5.56 Å². The van der Waals surface area contributed by atoms with E-state index in [0.717, 1.165) is 26.5 Å². The molecule has 6 heteroatoms. The summed E-state index contributed by atoms with van der Waals surface area (Å²) in [6.07, 6.45) is 0.801. The largest absolute Gasteiger partial charge is 0.345 e. The maximum atomic E-state index is 12.0. The Labute approximate surface area is 126 Å². The van der Waals surface area contributed by atoms with Gasteiger partial charge in [-0.1, -0.05) is 36.4 Å². The zero-order valence-electron chi connectivity index (χ0n) is 11.6. The summed E-state index contributed by atoms with van der Waals surface area (Å²) in [5.74, 6) is 0. The molecular weight excluding hydrogens is 301 g/mol. The third-order valence-electron chi connectivity index (χ3n) is 3.42. The summed E-state index contributed by atoms with van der Waals surface area (Å²) in [4.78, 5) is 29.9. The minimum absolute atomic E-state index is 0.436. The lowest BCUT2D eigenvalue weighted by atomic mass is 10.0. The highest BCUT2D eigenvalue weighted by atomic mass is 31.2. The molecule has 3 rings (SSSR count). The van der Waals surface area contributed by atoms with Gasteiger partial charge in [-0.2, -0.15) is 0 Å². The number of hydrogen-bond donors (Lipinski definition) is 2. The summed E-state index contributed by atoms with van der Waals surface area (Å²) >= 11 is 0. The van der Waals surface area contributed by atoms with Crippen molar-refractivity contribution >= 4 is 18.4 Å². The summed E-state index contributed by atoms with van der Waals surface area (Å²) in [6, 6.07) is 16.9. The van der Waals surface area contributed by atoms with E-state index in [0.29, 0.717) is 0 Å². The second-order valence-corrected chi connectivity index (χ2v) is 6.70. The molecule has 5 nitrogen and oxygen atoms in total. The zero-order valence-corrected chi connectivity index (χ0v) is 12.5. The van der Waals surface area contributed by atoms with Gasteiger partial charge in [-0.3, -0.25) is 9.36 Å². The van der Waals surface area contributed by atoms with E-state index >= 15 is 0 Å². The van der Waals surface area contributed by atoms with Gasteiger partial charge in [0, 0.05) is 12.3 Å². The lowest BCUT2D eigenvalue weighted by Gasteiger charge is -2.09. The summed E-state index contributed by atoms with van der Waals surface area (Å²) < 4.78 is 12.0. The predicted molar refractivity (Wildman–Crippen MR) is 85.7 cm³/mol. The van der Waals surface area contributed by atoms with Gasteiger partial charge < -0.3 is 14.4 Å². The first-order valence-corrected chi connectivity index (χ1v) is 8.46. The van der Waals surface area contributed by atoms with E-state index in [2.05, 4.69) is 0 Å². The number of aromatic nitrogens is 1. The molecular formula is C16H14NO4P. The van der Waals surface area contributed by atoms with Crippen LogP contribution in [0.25, 0.3) is 21.9 Å². The lowest BCUT2D eigenvalue weighted by Crippen LogP contribution is -2.18. The molecule has 0 aliphatic rings. The number of rotatable bonds is 3. The number of hydrogen-bond acceptors (Lipinski definition) is 2. The van der Waals surface area contributed by atoms with Gasteiger partial charge in [-0.25, -0.2) is 0 Å². The molecule has 0 atom stereocenters. The van der Waals surface area contributed by atoms with E-state index in [-0.39, 0.29) is 0 Å². The van der Waals surface area contributed by atoms with Crippen LogP contribution in [0.3, 0.4) is 0 Å². The molecule has 0 bridgehead atoms. The number of benzene rings is 2. The Bertz CT molecular complexity index is 942. The highest BCUT2D eigenvalue weighted by Crippen LogP contribution is 2.35. The van der Waals surface area contributed by atoms with Crippen LogP contribution in [0.15, 0.2) is 65.6 Å². The molecule has 3 aromatic rings. The Hall–Kier alpha value is -2.20. The minimum Gasteiger partial charge on any atom is -0.323 e. The summed E-state index contributed by atoms with van der Waals surface area (Å²) in [5, 5.41) is 2.18. The molecule has 1 aromatic heterocycles. The Morgan fingerprint density at radius 3 is 2.27 bits per heavy atom. The standard InChI is InChI=1S/C16H14NO4P/c18-16-10-15(7-8-17(16)11-22(19,20)21)14-6-5-12-3-1-2-4-13(12)9-14/h1-10H,11H2,(H2,19,20,21). The van der Waals surface area contributed by atoms with Crippen LogP contribution in [0.1, 0.15) is 0 Å². The zero-order chi connectivity index (χ0) is 15.7. The van der Waals surface area contributed by atoms with Gasteiger partial charge in [-0.15, -0.1) is 0 Å². The van der Waals surface area contributed by atoms with Crippen LogP contribution in [0.2, 0.25) is 0 Å². The maximum absolute atomic E-state index is 12.0. The molecule has 1 heterocycles. The first kappa shape index (κ1) is 14.7. The van der Waals surface area contributed by atoms with Crippen molar-refractivity contribution in [3.63, 3.8) is 0 Å². The van der Waals surface area contributed by atoms with E-state index in [9.17, 15) is 9.36 Å². The molecule has 0 fully saturated rings. The van der Waals surface area contributed by atoms with E-state index in [1.54, 1.807) is 6.07 Å². The molecule has 0 unspecified atom stereocenters. The Kier molecular flexibility index (Phi) is 3.71. The van der Waals surface area contributed by atoms with Crippen LogP contribution in [0, 0.1) is 0 Å². The number of fused-ring (bicyclic) bond motifs is 1. The van der Waals surface area contributed by atoms with Gasteiger partial charge in [0.15, 0.2) is 0 Å². The van der Waals surface area contributed by atoms with Gasteiger partial charge in [-0.05, 0) is 34.0 Å². The third kappa shape index (κ3) is 3.17. The Balaban J connectivity index is 2.02. The average molecular weight is 315 g/mol. The van der Waals surface area contributed by atoms with Crippen molar-refractivity contribution in [3.05, 3.63) is 71.1 Å². The smallest absolute Gasteiger partial charge is 0.323 e. The van der Waals surface area contributed by atoms with Crippen molar-refractivity contribution < 1.29 is 14.4 Å². The molecule has 22 heavy (non-hydrogen) atoms. The second-order valence-electron chi connectivity index (χ2n) is 5.09. The van der Waals surface area contributed by atoms with Gasteiger partial charge in [0.05, 0.1) is 0 Å². The highest BCUT2D eigenvalue weighted by molar-refractivity contribution is 7.50. The van der Waals surface area contributed by atoms with Crippen molar-refractivity contribution in [3.8, 4) is 11.1 Å². The van der Waals surface area contributed by atoms with Crippen LogP contribution >= 0.6 is 7.60 Å². The molecule has 0 saturated heterocycles. The van der Waals surface area contributed by atoms with Crippen LogP contribution in [-0.2, 0) is 10.9 Å². The fourth-order valence-electron chi connectivity index (χ4n) is 2.37. The molecule has 2 N–H and O–H groups in total. The number of nitrogens with zero attached hydrogens (tertiary/aromatic N) is 1. The van der Waals surface area contributed by atoms with Crippen LogP contribution in [-0.4, -0.2) is 14.4 Å². The van der Waals surface area contributed by atoms with E-state index in [1.807, 2.05) is 42.5 Å². The molecule has 112 valence electrons. The third-order valence-corrected chi connectivity index (χ3v) is 4.09. The van der Waals surface area contributed by atoms with Crippen LogP contribution in [0.5, 0.6) is 0 Å². The maximum Gasteiger partial charge on any atom is 0.345 e. The quantitative estimate of drug-likeness (QED) is 0.728. The molecule has 0 aliphatic heterocycles. The number of pyridine rings is 1. The lowest BCUT2D eigenvalue weighted by molar-refractivity contribution is 0.361. The predicted octanol–water partition coefficient (Wildman–Crippen LogP) is 2.80. The van der Waals surface area contributed by atoms with Crippen molar-refractivity contribution in [2.75, 3.05) is 0 Å². The Morgan fingerprint density at radius 2 is 1.59 bits per heavy atom. The summed E-state index contributed by atoms with van der Waals surface area (Å²) in [7, 11) is -4.27. The minimum atomic E-state index is -4.27. The fraction of sp³-hybridized carbons (Fsp3) is 0.0625. The topological polar surface area (TPSA) is 79.5 Å². The first-order chi connectivity index (χ1) is 10.4. The van der Waals surface area contributed by atoms with E-state index in [1.165, 1.54) is 12.3 Å². The van der Waals surface area contributed by atoms with Gasteiger partial charge in [0.2, 0.25) is 0 Å². The molecule has 0 radical (unpaired) electrons. The molecule has 0 spiro atoms. The second kappa shape index (κ2) is 5.54. The molecule has 0 amide bonds. The monoisotopic (exact) mass is 315 g/mol. The fourth-order valence-corrected chi connectivity index (χ4v) is 3.00. The molecule has 0 aliphatic carbocycles. The SMILES string of the molecule is O=c1cc(-c2ccc3ccccc3c2)ccn1CP(=O)(O)O. The molecule has 2 aromatic carbocycles. The van der Waals surface area contributed by atoms with E-state index in [4.69, 9.17) is 9.79 Å². The summed E-state index contributed by atoms with van der Waals surface area (Å²) in [6.45, 7) is 0. The average Bonchev–Trinajstić information content (AvgIpc) is 2.47. The molecule has 0 saturated carbocycles. The first-order valence-electron chi connectivity index (χ1n) is 6.67. The van der Waals surface area contributed by atoms with Crippen molar-refractivity contribution in [2.24, 2.45) is 0 Å². The Morgan fingerprint density at radius 1 is 0.909 bits per heavy atom. The van der Waals surface area contributed by atoms with Crippen molar-refractivity contribution in [1.82, 2.24) is 4.57 Å². The van der Waals surface area contributed by atoms with Gasteiger partial charge >= 0.3 is 7.60 Å².